The number of carbonyl (C=O) groups excluding carboxylic acids is 1. The first-order valence-corrected chi connectivity index (χ1v) is 9.10. The van der Waals surface area contributed by atoms with Crippen molar-refractivity contribution in [3.05, 3.63) is 58.0 Å². The normalized spacial score (nSPS) is 17.0. The van der Waals surface area contributed by atoms with Gasteiger partial charge in [-0.3, -0.25) is 4.79 Å². The molecule has 1 amide bonds. The smallest absolute Gasteiger partial charge is 0.264 e. The van der Waals surface area contributed by atoms with Crippen LogP contribution in [0.1, 0.15) is 23.6 Å². The van der Waals surface area contributed by atoms with Gasteiger partial charge in [-0.05, 0) is 79.6 Å². The first-order chi connectivity index (χ1) is 12.4. The summed E-state index contributed by atoms with van der Waals surface area (Å²) in [4.78, 5) is 17.3. The number of nitrogens with one attached hydrogen (secondary N) is 1. The van der Waals surface area contributed by atoms with Crippen molar-refractivity contribution in [2.75, 3.05) is 6.61 Å². The van der Waals surface area contributed by atoms with E-state index in [4.69, 9.17) is 4.74 Å². The molecule has 1 aliphatic heterocycles. The van der Waals surface area contributed by atoms with E-state index >= 15 is 0 Å². The Morgan fingerprint density at radius 2 is 1.92 bits per heavy atom. The van der Waals surface area contributed by atoms with Gasteiger partial charge in [0.2, 0.25) is 0 Å². The van der Waals surface area contributed by atoms with Crippen LogP contribution in [0.15, 0.2) is 46.3 Å². The zero-order chi connectivity index (χ0) is 18.7. The average Bonchev–Trinajstić information content (AvgIpc) is 2.89. The summed E-state index contributed by atoms with van der Waals surface area (Å²) < 4.78 is 5.38. The van der Waals surface area contributed by atoms with E-state index in [1.807, 2.05) is 32.9 Å². The second-order valence-corrected chi connectivity index (χ2v) is 7.02. The van der Waals surface area contributed by atoms with Gasteiger partial charge in [-0.1, -0.05) is 12.1 Å². The maximum absolute atomic E-state index is 12.2. The molecule has 5 nitrogen and oxygen atoms in total. The third-order valence-electron chi connectivity index (χ3n) is 3.67. The zero-order valence-corrected chi connectivity index (χ0v) is 15.7. The van der Waals surface area contributed by atoms with Gasteiger partial charge in [-0.2, -0.15) is 0 Å². The molecule has 0 radical (unpaired) electrons. The monoisotopic (exact) mass is 368 g/mol. The van der Waals surface area contributed by atoms with Crippen LogP contribution in [0.25, 0.3) is 6.08 Å². The number of thioether (sulfide) groups is 1. The maximum atomic E-state index is 12.2. The summed E-state index contributed by atoms with van der Waals surface area (Å²) in [5.74, 6) is 0.285. The Balaban J connectivity index is 1.84. The van der Waals surface area contributed by atoms with Gasteiger partial charge in [0.05, 0.1) is 17.2 Å². The third-order valence-corrected chi connectivity index (χ3v) is 4.58. The van der Waals surface area contributed by atoms with E-state index in [9.17, 15) is 9.90 Å². The van der Waals surface area contributed by atoms with Crippen LogP contribution in [0.3, 0.4) is 0 Å². The molecule has 0 saturated carbocycles. The van der Waals surface area contributed by atoms with Crippen LogP contribution >= 0.6 is 11.8 Å². The number of phenolic OH excluding ortho intramolecular Hbond substituents is 1. The van der Waals surface area contributed by atoms with Gasteiger partial charge in [0, 0.05) is 0 Å². The predicted molar refractivity (Wildman–Crippen MR) is 106 cm³/mol. The number of ether oxygens (including phenoxy) is 1. The number of aliphatic imine (C=N–C) groups is 1. The van der Waals surface area contributed by atoms with Crippen LogP contribution in [0, 0.1) is 13.8 Å². The fourth-order valence-electron chi connectivity index (χ4n) is 2.66. The van der Waals surface area contributed by atoms with Crippen LogP contribution < -0.4 is 10.1 Å². The highest BCUT2D eigenvalue weighted by Gasteiger charge is 2.24. The van der Waals surface area contributed by atoms with Crippen molar-refractivity contribution in [2.24, 2.45) is 4.99 Å². The van der Waals surface area contributed by atoms with Gasteiger partial charge in [-0.15, -0.1) is 0 Å². The minimum absolute atomic E-state index is 0.0783. The molecule has 1 fully saturated rings. The molecule has 0 bridgehead atoms. The highest BCUT2D eigenvalue weighted by molar-refractivity contribution is 8.18. The Kier molecular flexibility index (Phi) is 5.32. The number of phenols is 1. The Labute approximate surface area is 156 Å². The molecule has 6 heteroatoms. The fourth-order valence-corrected chi connectivity index (χ4v) is 3.50. The maximum Gasteiger partial charge on any atom is 0.264 e. The average molecular weight is 368 g/mol. The van der Waals surface area contributed by atoms with Crippen molar-refractivity contribution in [3.8, 4) is 11.5 Å². The molecule has 0 atom stereocenters. The van der Waals surface area contributed by atoms with Crippen LogP contribution in [0.5, 0.6) is 11.5 Å². The molecule has 2 aromatic rings. The summed E-state index contributed by atoms with van der Waals surface area (Å²) in [6.45, 7) is 6.34. The molecule has 1 aliphatic rings. The molecular formula is C20H20N2O3S. The number of carbonyl (C=O) groups is 1. The lowest BCUT2D eigenvalue weighted by atomic mass is 10.1. The van der Waals surface area contributed by atoms with Crippen LogP contribution in [-0.2, 0) is 4.79 Å². The van der Waals surface area contributed by atoms with Crippen molar-refractivity contribution in [3.63, 3.8) is 0 Å². The number of hydrogen-bond donors (Lipinski definition) is 2. The van der Waals surface area contributed by atoms with Crippen molar-refractivity contribution in [1.82, 2.24) is 5.32 Å². The Morgan fingerprint density at radius 3 is 2.62 bits per heavy atom. The number of rotatable bonds is 4. The highest BCUT2D eigenvalue weighted by atomic mass is 32.2. The fraction of sp³-hybridized carbons (Fsp3) is 0.200. The highest BCUT2D eigenvalue weighted by Crippen LogP contribution is 2.32. The minimum Gasteiger partial charge on any atom is -0.504 e. The SMILES string of the molecule is CCOc1cc(/C=C2\SC(=Nc3cc(C)cc(C)c3)NC2=O)ccc1O. The second kappa shape index (κ2) is 7.66. The summed E-state index contributed by atoms with van der Waals surface area (Å²) in [5.41, 5.74) is 3.84. The molecule has 1 saturated heterocycles. The van der Waals surface area contributed by atoms with E-state index < -0.39 is 0 Å². The van der Waals surface area contributed by atoms with Crippen LogP contribution in [0.4, 0.5) is 5.69 Å². The lowest BCUT2D eigenvalue weighted by molar-refractivity contribution is -0.115. The van der Waals surface area contributed by atoms with Crippen molar-refractivity contribution in [2.45, 2.75) is 20.8 Å². The quantitative estimate of drug-likeness (QED) is 0.790. The number of amidine groups is 1. The summed E-state index contributed by atoms with van der Waals surface area (Å²) in [5, 5.41) is 13.1. The van der Waals surface area contributed by atoms with Crippen molar-refractivity contribution >= 4 is 34.6 Å². The standard InChI is InChI=1S/C20H20N2O3S/c1-4-25-17-10-14(5-6-16(17)23)11-18-19(24)22-20(26-18)21-15-8-12(2)7-13(3)9-15/h5-11,23H,4H2,1-3H3,(H,21,22,24)/b18-11-. The van der Waals surface area contributed by atoms with E-state index in [0.29, 0.717) is 22.4 Å². The predicted octanol–water partition coefficient (Wildman–Crippen LogP) is 4.30. The largest absolute Gasteiger partial charge is 0.504 e. The van der Waals surface area contributed by atoms with Gasteiger partial charge in [0.25, 0.3) is 5.91 Å². The lowest BCUT2D eigenvalue weighted by Gasteiger charge is -2.06. The molecule has 134 valence electrons. The summed E-state index contributed by atoms with van der Waals surface area (Å²) in [7, 11) is 0. The first kappa shape index (κ1) is 18.1. The molecule has 0 spiro atoms. The number of amides is 1. The number of aromatic hydroxyl groups is 1. The Hall–Kier alpha value is -2.73. The lowest BCUT2D eigenvalue weighted by Crippen LogP contribution is -2.19. The van der Waals surface area contributed by atoms with E-state index in [1.165, 1.54) is 11.8 Å². The van der Waals surface area contributed by atoms with Crippen molar-refractivity contribution in [1.29, 1.82) is 0 Å². The van der Waals surface area contributed by atoms with Gasteiger partial charge in [0.15, 0.2) is 16.7 Å². The molecule has 0 unspecified atom stereocenters. The van der Waals surface area contributed by atoms with E-state index in [2.05, 4.69) is 16.4 Å². The Morgan fingerprint density at radius 1 is 1.19 bits per heavy atom. The molecular weight excluding hydrogens is 348 g/mol. The van der Waals surface area contributed by atoms with E-state index in [-0.39, 0.29) is 11.7 Å². The van der Waals surface area contributed by atoms with Crippen LogP contribution in [0.2, 0.25) is 0 Å². The molecule has 2 N–H and O–H groups in total. The number of nitrogens with zero attached hydrogens (tertiary/aromatic N) is 1. The van der Waals surface area contributed by atoms with Gasteiger partial charge >= 0.3 is 0 Å². The zero-order valence-electron chi connectivity index (χ0n) is 14.9. The van der Waals surface area contributed by atoms with Crippen LogP contribution in [-0.4, -0.2) is 22.8 Å². The molecule has 3 rings (SSSR count). The molecule has 0 aliphatic carbocycles. The number of hydrogen-bond acceptors (Lipinski definition) is 5. The van der Waals surface area contributed by atoms with Gasteiger partial charge < -0.3 is 15.2 Å². The summed E-state index contributed by atoms with van der Waals surface area (Å²) in [6.07, 6.45) is 1.76. The molecule has 1 heterocycles. The first-order valence-electron chi connectivity index (χ1n) is 8.28. The van der Waals surface area contributed by atoms with Gasteiger partial charge in [-0.25, -0.2) is 4.99 Å². The number of benzene rings is 2. The number of aryl methyl sites for hydroxylation is 2. The molecule has 26 heavy (non-hydrogen) atoms. The molecule has 2 aromatic carbocycles. The van der Waals surface area contributed by atoms with Gasteiger partial charge in [0.1, 0.15) is 0 Å². The van der Waals surface area contributed by atoms with E-state index in [1.54, 1.807) is 24.3 Å². The summed E-state index contributed by atoms with van der Waals surface area (Å²) >= 11 is 1.29. The van der Waals surface area contributed by atoms with E-state index in [0.717, 1.165) is 22.4 Å². The second-order valence-electron chi connectivity index (χ2n) is 5.99. The Bertz CT molecular complexity index is 899. The minimum atomic E-state index is -0.191. The summed E-state index contributed by atoms with van der Waals surface area (Å²) in [6, 6.07) is 11.0. The van der Waals surface area contributed by atoms with Crippen molar-refractivity contribution < 1.29 is 14.6 Å². The molecule has 0 aromatic heterocycles. The third kappa shape index (κ3) is 4.26. The topological polar surface area (TPSA) is 70.9 Å².